The van der Waals surface area contributed by atoms with Crippen molar-refractivity contribution in [3.05, 3.63) is 80.3 Å². The lowest BCUT2D eigenvalue weighted by Gasteiger charge is -2.51. The second kappa shape index (κ2) is 11.5. The van der Waals surface area contributed by atoms with E-state index in [0.29, 0.717) is 47.8 Å². The zero-order chi connectivity index (χ0) is 33.4. The van der Waals surface area contributed by atoms with Crippen molar-refractivity contribution in [3.8, 4) is 16.9 Å². The molecule has 13 heteroatoms. The number of likely N-dealkylation sites (N-methyl/N-ethyl adjacent to an activating group) is 1. The number of pyridine rings is 3. The molecule has 0 saturated carbocycles. The molecule has 9 nitrogen and oxygen atoms in total. The minimum atomic E-state index is -0.988. The number of hydrogen-bond acceptors (Lipinski definition) is 7. The Balaban J connectivity index is 1.75. The molecule has 2 aliphatic heterocycles. The van der Waals surface area contributed by atoms with Crippen LogP contribution in [0.15, 0.2) is 41.8 Å². The fourth-order valence-corrected chi connectivity index (χ4v) is 7.16. The lowest BCUT2D eigenvalue weighted by atomic mass is 9.98. The van der Waals surface area contributed by atoms with Gasteiger partial charge in [0.25, 0.3) is 5.56 Å². The molecule has 240 valence electrons. The summed E-state index contributed by atoms with van der Waals surface area (Å²) < 4.78 is 33.4. The van der Waals surface area contributed by atoms with Crippen LogP contribution in [0.2, 0.25) is 10.0 Å². The Morgan fingerprint density at radius 3 is 2.52 bits per heavy atom. The van der Waals surface area contributed by atoms with Gasteiger partial charge >= 0.3 is 0 Å². The lowest BCUT2D eigenvalue weighted by Crippen LogP contribution is -2.64. The number of amides is 1. The number of carbonyl (C=O) groups is 1. The second-order valence-electron chi connectivity index (χ2n) is 12.2. The van der Waals surface area contributed by atoms with Crippen LogP contribution in [-0.4, -0.2) is 64.1 Å². The van der Waals surface area contributed by atoms with Gasteiger partial charge in [0.1, 0.15) is 11.4 Å². The summed E-state index contributed by atoms with van der Waals surface area (Å²) >= 11 is 12.4. The fourth-order valence-electron chi connectivity index (χ4n) is 6.70. The first-order valence-corrected chi connectivity index (χ1v) is 15.6. The Morgan fingerprint density at radius 2 is 1.85 bits per heavy atom. The van der Waals surface area contributed by atoms with Crippen LogP contribution >= 0.6 is 23.2 Å². The summed E-state index contributed by atoms with van der Waals surface area (Å²) in [4.78, 5) is 42.4. The molecule has 46 heavy (non-hydrogen) atoms. The van der Waals surface area contributed by atoms with Gasteiger partial charge < -0.3 is 20.4 Å². The van der Waals surface area contributed by atoms with Crippen LogP contribution in [0.25, 0.3) is 28.0 Å². The van der Waals surface area contributed by atoms with Crippen LogP contribution in [0.1, 0.15) is 37.9 Å². The maximum atomic E-state index is 16.4. The van der Waals surface area contributed by atoms with Gasteiger partial charge in [-0.15, -0.1) is 0 Å². The molecule has 5 heterocycles. The van der Waals surface area contributed by atoms with E-state index in [9.17, 15) is 9.59 Å². The average molecular weight is 669 g/mol. The number of benzene rings is 1. The predicted octanol–water partition coefficient (Wildman–Crippen LogP) is 6.09. The van der Waals surface area contributed by atoms with Gasteiger partial charge in [-0.3, -0.25) is 19.1 Å². The summed E-state index contributed by atoms with van der Waals surface area (Å²) in [7, 11) is 1.80. The van der Waals surface area contributed by atoms with Crippen molar-refractivity contribution in [1.29, 1.82) is 0 Å². The van der Waals surface area contributed by atoms with Gasteiger partial charge in [0.05, 0.1) is 44.4 Å². The maximum Gasteiger partial charge on any atom is 0.282 e. The number of nitrogens with two attached hydrogens (primary N) is 1. The highest BCUT2D eigenvalue weighted by Crippen LogP contribution is 2.44. The number of piperazine rings is 1. The van der Waals surface area contributed by atoms with Crippen LogP contribution in [-0.2, 0) is 4.79 Å². The van der Waals surface area contributed by atoms with Crippen LogP contribution in [0.4, 0.5) is 25.8 Å². The monoisotopic (exact) mass is 667 g/mol. The molecule has 3 aromatic heterocycles. The largest absolute Gasteiger partial charge is 0.397 e. The van der Waals surface area contributed by atoms with E-state index in [0.717, 1.165) is 11.6 Å². The molecule has 1 fully saturated rings. The van der Waals surface area contributed by atoms with E-state index in [1.165, 1.54) is 16.7 Å². The van der Waals surface area contributed by atoms with Crippen LogP contribution in [0.3, 0.4) is 0 Å². The first-order chi connectivity index (χ1) is 21.8. The van der Waals surface area contributed by atoms with Gasteiger partial charge in [-0.25, -0.2) is 13.8 Å². The van der Waals surface area contributed by atoms with E-state index in [-0.39, 0.29) is 45.3 Å². The quantitative estimate of drug-likeness (QED) is 0.160. The molecule has 1 aromatic carbocycles. The second-order valence-corrected chi connectivity index (χ2v) is 13.0. The standard InChI is InChI=1S/C33H33Cl2F2N7O2/c1-7-23(45)42-14-18-13-41(6)31-30(43(18)12-17(42)5)19-10-22(36)28(24-25(37)20(34)11-21(35)26(24)38)40-32(19)44(33(31)46)29-16(4)8-9-39-27(29)15(2)3/h7-11,15,17-18H,1,12-14,38H2,2-6H3. The Morgan fingerprint density at radius 1 is 1.13 bits per heavy atom. The Kier molecular flexibility index (Phi) is 7.97. The van der Waals surface area contributed by atoms with Gasteiger partial charge in [0, 0.05) is 44.3 Å². The molecule has 1 amide bonds. The maximum absolute atomic E-state index is 16.4. The van der Waals surface area contributed by atoms with Gasteiger partial charge in [-0.05, 0) is 49.6 Å². The van der Waals surface area contributed by atoms with E-state index >= 15 is 8.78 Å². The average Bonchev–Trinajstić information content (AvgIpc) is 3.00. The van der Waals surface area contributed by atoms with Crippen molar-refractivity contribution >= 4 is 57.2 Å². The summed E-state index contributed by atoms with van der Waals surface area (Å²) in [6, 6.07) is 3.73. The highest BCUT2D eigenvalue weighted by Gasteiger charge is 2.41. The fraction of sp³-hybridized carbons (Fsp3) is 0.333. The SMILES string of the molecule is C=CC(=O)N1CC2CN(C)c3c(c4cc(F)c(-c5c(N)c(Cl)cc(Cl)c5F)nc4n(-c4c(C)ccnc4C(C)C)c3=O)N2CC1C. The summed E-state index contributed by atoms with van der Waals surface area (Å²) in [5.74, 6) is -2.15. The molecular formula is C33H33Cl2F2N7O2. The van der Waals surface area contributed by atoms with Crippen molar-refractivity contribution in [2.45, 2.75) is 45.7 Å². The Hall–Kier alpha value is -4.22. The van der Waals surface area contributed by atoms with E-state index in [2.05, 4.69) is 16.5 Å². The van der Waals surface area contributed by atoms with Crippen molar-refractivity contribution in [1.82, 2.24) is 19.4 Å². The van der Waals surface area contributed by atoms with E-state index in [1.807, 2.05) is 37.5 Å². The molecule has 2 N–H and O–H groups in total. The Labute approximate surface area is 274 Å². The van der Waals surface area contributed by atoms with Crippen LogP contribution < -0.4 is 21.1 Å². The summed E-state index contributed by atoms with van der Waals surface area (Å²) in [6.45, 7) is 12.5. The number of anilines is 3. The molecule has 4 aromatic rings. The number of nitrogens with zero attached hydrogens (tertiary/aromatic N) is 6. The van der Waals surface area contributed by atoms with Gasteiger partial charge in [0.2, 0.25) is 5.91 Å². The summed E-state index contributed by atoms with van der Waals surface area (Å²) in [5, 5.41) is -0.0943. The number of halogens is 4. The molecule has 0 bridgehead atoms. The molecule has 0 aliphatic carbocycles. The zero-order valence-corrected chi connectivity index (χ0v) is 27.5. The first kappa shape index (κ1) is 31.7. The number of aryl methyl sites for hydroxylation is 1. The third-order valence-corrected chi connectivity index (χ3v) is 9.46. The number of rotatable bonds is 4. The zero-order valence-electron chi connectivity index (χ0n) is 26.0. The third kappa shape index (κ3) is 4.79. The highest BCUT2D eigenvalue weighted by atomic mass is 35.5. The van der Waals surface area contributed by atoms with Crippen LogP contribution in [0, 0.1) is 18.6 Å². The van der Waals surface area contributed by atoms with E-state index < -0.39 is 28.5 Å². The number of aromatic nitrogens is 3. The van der Waals surface area contributed by atoms with Crippen LogP contribution in [0.5, 0.6) is 0 Å². The number of carbonyl (C=O) groups excluding carboxylic acids is 1. The van der Waals surface area contributed by atoms with Crippen molar-refractivity contribution < 1.29 is 13.6 Å². The Bertz CT molecular complexity index is 1990. The van der Waals surface area contributed by atoms with Gasteiger partial charge in [-0.2, -0.15) is 0 Å². The minimum Gasteiger partial charge on any atom is -0.397 e. The first-order valence-electron chi connectivity index (χ1n) is 14.9. The minimum absolute atomic E-state index is 0.0684. The van der Waals surface area contributed by atoms with Crippen molar-refractivity contribution in [2.24, 2.45) is 0 Å². The number of hydrogen-bond donors (Lipinski definition) is 1. The normalized spacial score (nSPS) is 17.8. The lowest BCUT2D eigenvalue weighted by molar-refractivity contribution is -0.128. The molecule has 6 rings (SSSR count). The van der Waals surface area contributed by atoms with E-state index in [1.54, 1.807) is 24.2 Å². The molecule has 0 radical (unpaired) electrons. The van der Waals surface area contributed by atoms with Crippen molar-refractivity contribution in [2.75, 3.05) is 42.2 Å². The predicted molar refractivity (Wildman–Crippen MR) is 180 cm³/mol. The molecule has 2 unspecified atom stereocenters. The van der Waals surface area contributed by atoms with Gasteiger partial charge in [0.15, 0.2) is 17.3 Å². The van der Waals surface area contributed by atoms with E-state index in [4.69, 9.17) is 28.9 Å². The molecule has 2 aliphatic rings. The summed E-state index contributed by atoms with van der Waals surface area (Å²) in [5.41, 5.74) is 7.49. The smallest absolute Gasteiger partial charge is 0.282 e. The molecule has 0 spiro atoms. The number of nitrogen functional groups attached to an aromatic ring is 1. The number of fused-ring (bicyclic) bond motifs is 5. The molecule has 1 saturated heterocycles. The van der Waals surface area contributed by atoms with Crippen molar-refractivity contribution in [3.63, 3.8) is 0 Å². The summed E-state index contributed by atoms with van der Waals surface area (Å²) in [6.07, 6.45) is 2.96. The highest BCUT2D eigenvalue weighted by molar-refractivity contribution is 6.37. The topological polar surface area (TPSA) is 101 Å². The van der Waals surface area contributed by atoms with Gasteiger partial charge in [-0.1, -0.05) is 43.6 Å². The molecular weight excluding hydrogens is 635 g/mol. The third-order valence-electron chi connectivity index (χ3n) is 8.88. The molecule has 2 atom stereocenters.